The fourth-order valence-electron chi connectivity index (χ4n) is 6.75. The number of hydrogen-bond donors (Lipinski definition) is 7. The van der Waals surface area contributed by atoms with Crippen LogP contribution < -0.4 is 10.1 Å². The van der Waals surface area contributed by atoms with Crippen LogP contribution in [0.4, 0.5) is 39.8 Å². The molecule has 7 aromatic carbocycles. The maximum Gasteiger partial charge on any atom is 0.295 e. The first-order chi connectivity index (χ1) is 32.8. The number of carbonyl (C=O) groups is 1. The molecule has 7 rings (SSSR count). The van der Waals surface area contributed by atoms with E-state index < -0.39 is 77.5 Å². The number of ether oxygens (including phenoxy) is 1. The summed E-state index contributed by atoms with van der Waals surface area (Å²) < 4.78 is 144. The van der Waals surface area contributed by atoms with Crippen molar-refractivity contribution < 1.29 is 71.6 Å². The molecule has 1 amide bonds. The molecule has 0 spiro atoms. The minimum Gasteiger partial charge on any atom is -0.506 e. The summed E-state index contributed by atoms with van der Waals surface area (Å²) in [6, 6.07) is 21.7. The topological polar surface area (TPSA) is 370 Å². The maximum absolute atomic E-state index is 12.6. The van der Waals surface area contributed by atoms with Crippen molar-refractivity contribution in [2.75, 3.05) is 12.4 Å². The molecule has 0 fully saturated rings. The first-order valence-corrected chi connectivity index (χ1v) is 25.2. The molecule has 0 aliphatic carbocycles. The highest BCUT2D eigenvalue weighted by Crippen LogP contribution is 2.46. The van der Waals surface area contributed by atoms with Crippen molar-refractivity contribution in [1.29, 1.82) is 0 Å². The van der Waals surface area contributed by atoms with Crippen molar-refractivity contribution in [3.63, 3.8) is 0 Å². The molecule has 0 aliphatic rings. The highest BCUT2D eigenvalue weighted by Gasteiger charge is 2.23. The molecule has 70 heavy (non-hydrogen) atoms. The average molecular weight is 1030 g/mol. The zero-order valence-corrected chi connectivity index (χ0v) is 38.9. The third-order valence-electron chi connectivity index (χ3n) is 9.89. The molecular formula is C43H33N7O16S4. The Morgan fingerprint density at radius 1 is 0.529 bits per heavy atom. The van der Waals surface area contributed by atoms with Gasteiger partial charge in [-0.05, 0) is 90.0 Å². The van der Waals surface area contributed by atoms with Gasteiger partial charge in [0.05, 0.1) is 45.8 Å². The van der Waals surface area contributed by atoms with Crippen LogP contribution in [0.3, 0.4) is 0 Å². The van der Waals surface area contributed by atoms with Crippen LogP contribution in [-0.4, -0.2) is 75.1 Å². The molecule has 0 bridgehead atoms. The van der Waals surface area contributed by atoms with Gasteiger partial charge in [0.1, 0.15) is 37.6 Å². The zero-order chi connectivity index (χ0) is 50.9. The number of rotatable bonds is 14. The lowest BCUT2D eigenvalue weighted by Crippen LogP contribution is -2.07. The van der Waals surface area contributed by atoms with Gasteiger partial charge >= 0.3 is 0 Å². The zero-order valence-electron chi connectivity index (χ0n) is 35.6. The average Bonchev–Trinajstić information content (AvgIpc) is 3.28. The Labute approximate surface area is 396 Å². The maximum atomic E-state index is 12.6. The Morgan fingerprint density at radius 3 is 1.60 bits per heavy atom. The second-order valence-electron chi connectivity index (χ2n) is 14.6. The number of fused-ring (bicyclic) bond motifs is 2. The van der Waals surface area contributed by atoms with Crippen LogP contribution in [0, 0.1) is 0 Å². The van der Waals surface area contributed by atoms with E-state index in [0.29, 0.717) is 11.4 Å². The number of phenols is 2. The number of amides is 1. The van der Waals surface area contributed by atoms with Gasteiger partial charge in [0.25, 0.3) is 40.5 Å². The minimum atomic E-state index is -5.04. The minimum absolute atomic E-state index is 0.0324. The summed E-state index contributed by atoms with van der Waals surface area (Å²) in [6.45, 7) is 1.15. The van der Waals surface area contributed by atoms with E-state index in [2.05, 4.69) is 36.0 Å². The van der Waals surface area contributed by atoms with E-state index in [0.717, 1.165) is 79.7 Å². The van der Waals surface area contributed by atoms with Crippen molar-refractivity contribution in [2.45, 2.75) is 26.5 Å². The van der Waals surface area contributed by atoms with E-state index in [4.69, 9.17) is 4.74 Å². The summed E-state index contributed by atoms with van der Waals surface area (Å²) in [7, 11) is -18.1. The van der Waals surface area contributed by atoms with Crippen molar-refractivity contribution in [1.82, 2.24) is 0 Å². The summed E-state index contributed by atoms with van der Waals surface area (Å²) in [4.78, 5) is 9.30. The predicted octanol–water partition coefficient (Wildman–Crippen LogP) is 9.77. The van der Waals surface area contributed by atoms with E-state index in [9.17, 15) is 66.9 Å². The van der Waals surface area contributed by atoms with E-state index >= 15 is 0 Å². The van der Waals surface area contributed by atoms with Crippen LogP contribution in [0.5, 0.6) is 17.2 Å². The first-order valence-electron chi connectivity index (χ1n) is 19.4. The predicted molar refractivity (Wildman–Crippen MR) is 252 cm³/mol. The molecule has 27 heteroatoms. The third kappa shape index (κ3) is 11.2. The summed E-state index contributed by atoms with van der Waals surface area (Å²) in [5.74, 6) is -1.42. The molecule has 0 radical (unpaired) electrons. The van der Waals surface area contributed by atoms with Crippen LogP contribution >= 0.6 is 0 Å². The number of aromatic hydroxyl groups is 2. The second kappa shape index (κ2) is 19.2. The van der Waals surface area contributed by atoms with E-state index in [-0.39, 0.29) is 66.8 Å². The van der Waals surface area contributed by atoms with E-state index in [1.807, 2.05) is 0 Å². The number of benzene rings is 7. The molecule has 0 aliphatic heterocycles. The first kappa shape index (κ1) is 50.0. The van der Waals surface area contributed by atoms with Gasteiger partial charge in [0.2, 0.25) is 5.91 Å². The van der Waals surface area contributed by atoms with Crippen molar-refractivity contribution >= 4 is 120 Å². The Hall–Kier alpha value is -7.89. The monoisotopic (exact) mass is 1030 g/mol. The SMILES string of the molecule is COc1ccc(N=Nc2ccc(/C=C/c3ccc(N=Nc4cc(O)c(N=Nc5ccc6c(S(=O)(=O)O)ccc(NC(C)=O)c6c5O)c5ccc(S(=O)(=O)O)cc45)cc3S(=O)(=O)O)c(S(=O)(=O)O)c2)cc1. The lowest BCUT2D eigenvalue weighted by atomic mass is 10.1. The molecule has 0 heterocycles. The molecule has 7 aromatic rings. The smallest absolute Gasteiger partial charge is 0.295 e. The number of hydrogen-bond acceptors (Lipinski definition) is 18. The Morgan fingerprint density at radius 2 is 1.06 bits per heavy atom. The van der Waals surface area contributed by atoms with Gasteiger partial charge in [0, 0.05) is 29.1 Å². The highest BCUT2D eigenvalue weighted by molar-refractivity contribution is 7.86. The Kier molecular flexibility index (Phi) is 13.7. The number of anilines is 1. The van der Waals surface area contributed by atoms with Crippen molar-refractivity contribution in [3.8, 4) is 17.2 Å². The van der Waals surface area contributed by atoms with E-state index in [1.165, 1.54) is 31.4 Å². The van der Waals surface area contributed by atoms with Crippen LogP contribution in [0.2, 0.25) is 0 Å². The fourth-order valence-corrected chi connectivity index (χ4v) is 9.35. The number of nitrogens with one attached hydrogen (secondary N) is 1. The molecule has 7 N–H and O–H groups in total. The number of azo groups is 3. The lowest BCUT2D eigenvalue weighted by molar-refractivity contribution is -0.114. The largest absolute Gasteiger partial charge is 0.506 e. The van der Waals surface area contributed by atoms with Gasteiger partial charge in [-0.25, -0.2) is 0 Å². The molecule has 0 aromatic heterocycles. The number of carbonyl (C=O) groups excluding carboxylic acids is 1. The fraction of sp³-hybridized carbons (Fsp3) is 0.0465. The molecular weight excluding hydrogens is 999 g/mol. The summed E-state index contributed by atoms with van der Waals surface area (Å²) in [5.41, 5.74) is -1.17. The molecule has 0 unspecified atom stereocenters. The van der Waals surface area contributed by atoms with Gasteiger partial charge in [-0.2, -0.15) is 49.0 Å². The normalized spacial score (nSPS) is 12.8. The van der Waals surface area contributed by atoms with Gasteiger partial charge < -0.3 is 20.3 Å². The Balaban J connectivity index is 1.25. The number of phenolic OH excluding ortho intramolecular Hbond substituents is 2. The van der Waals surface area contributed by atoms with Crippen LogP contribution in [0.25, 0.3) is 33.7 Å². The molecule has 23 nitrogen and oxygen atoms in total. The molecule has 360 valence electrons. The third-order valence-corrected chi connectivity index (χ3v) is 13.5. The lowest BCUT2D eigenvalue weighted by Gasteiger charge is -2.13. The second-order valence-corrected chi connectivity index (χ2v) is 20.2. The summed E-state index contributed by atoms with van der Waals surface area (Å²) >= 11 is 0. The van der Waals surface area contributed by atoms with Gasteiger partial charge in [-0.3, -0.25) is 23.0 Å². The summed E-state index contributed by atoms with van der Waals surface area (Å²) in [6.07, 6.45) is 2.27. The van der Waals surface area contributed by atoms with Gasteiger partial charge in [-0.15, -0.1) is 15.3 Å². The quantitative estimate of drug-likeness (QED) is 0.0302. The molecule has 0 saturated carbocycles. The van der Waals surface area contributed by atoms with Crippen molar-refractivity contribution in [2.24, 2.45) is 30.7 Å². The van der Waals surface area contributed by atoms with Crippen LogP contribution in [-0.2, 0) is 45.3 Å². The number of methoxy groups -OCH3 is 1. The highest BCUT2D eigenvalue weighted by atomic mass is 32.2. The molecule has 0 atom stereocenters. The van der Waals surface area contributed by atoms with Crippen molar-refractivity contribution in [3.05, 3.63) is 120 Å². The van der Waals surface area contributed by atoms with Crippen LogP contribution in [0.1, 0.15) is 18.1 Å². The Bertz CT molecular complexity index is 3900. The number of nitrogens with zero attached hydrogens (tertiary/aromatic N) is 6. The van der Waals surface area contributed by atoms with Crippen LogP contribution in [0.15, 0.2) is 159 Å². The van der Waals surface area contributed by atoms with Gasteiger partial charge in [-0.1, -0.05) is 36.4 Å². The van der Waals surface area contributed by atoms with Gasteiger partial charge in [0.15, 0.2) is 5.75 Å². The molecule has 0 saturated heterocycles. The summed E-state index contributed by atoms with van der Waals surface area (Å²) in [5, 5.41) is 48.3. The van der Waals surface area contributed by atoms with E-state index in [1.54, 1.807) is 24.3 Å². The standard InChI is InChI=1S/C43H33N7O16S4/c1-23(51)44-34-17-18-38(68(57,58)59)32-15-16-35(43(53)41(32)34)48-50-42-31-14-13-30(67(54,55)56)21-33(31)36(22-37(42)52)49-47-28-8-6-25(40(20-28)70(63,64)65)4-3-24-5-7-27(19-39(24)69(60,61)62)46-45-26-9-11-29(66-2)12-10-26/h3-22,52-53H,1-2H3,(H,44,51)(H,54,55,56)(H,57,58,59)(H,60,61,62)(H,63,64,65)/b4-3+,46-45?,49-47?,50-48?.